The molecule has 0 aliphatic carbocycles. The van der Waals surface area contributed by atoms with Gasteiger partial charge in [-0.1, -0.05) is 44.9 Å². The number of carbonyl (C=O) groups excluding carboxylic acids is 2. The summed E-state index contributed by atoms with van der Waals surface area (Å²) in [6.45, 7) is 3.75. The number of imidazole rings is 1. The van der Waals surface area contributed by atoms with Gasteiger partial charge in [0.15, 0.2) is 23.6 Å². The number of unbranched alkanes of at least 4 members (excludes halogenated alkanes) is 3. The maximum Gasteiger partial charge on any atom is 0.280 e. The van der Waals surface area contributed by atoms with Crippen LogP contribution in [0, 0.1) is 5.92 Å². The summed E-state index contributed by atoms with van der Waals surface area (Å²) >= 11 is 0. The van der Waals surface area contributed by atoms with E-state index in [-0.39, 0.29) is 34.8 Å². The quantitative estimate of drug-likeness (QED) is 0.192. The first-order valence-electron chi connectivity index (χ1n) is 14.1. The van der Waals surface area contributed by atoms with Gasteiger partial charge in [0.25, 0.3) is 11.5 Å². The molecule has 5 N–H and O–H groups in total. The van der Waals surface area contributed by atoms with Gasteiger partial charge in [0.05, 0.1) is 12.9 Å². The largest absolute Gasteiger partial charge is 0.394 e. The molecule has 3 unspecified atom stereocenters. The number of fused-ring (bicyclic) bond motifs is 2. The lowest BCUT2D eigenvalue weighted by Gasteiger charge is -2.21. The second kappa shape index (κ2) is 12.7. The molecular weight excluding hydrogens is 548 g/mol. The monoisotopic (exact) mass is 584 g/mol. The van der Waals surface area contributed by atoms with E-state index in [1.165, 1.54) is 15.8 Å². The second-order valence-corrected chi connectivity index (χ2v) is 10.8. The molecular formula is C28H36N6O8. The van der Waals surface area contributed by atoms with Crippen molar-refractivity contribution >= 4 is 28.9 Å². The Morgan fingerprint density at radius 2 is 1.93 bits per heavy atom. The van der Waals surface area contributed by atoms with Crippen LogP contribution in [-0.2, 0) is 14.3 Å². The molecule has 0 spiro atoms. The number of aliphatic hydroxyl groups excluding tert-OH is 3. The van der Waals surface area contributed by atoms with E-state index in [4.69, 9.17) is 9.47 Å². The summed E-state index contributed by atoms with van der Waals surface area (Å²) in [5, 5.41) is 34.0. The van der Waals surface area contributed by atoms with Gasteiger partial charge in [-0.25, -0.2) is 4.98 Å². The molecule has 2 amide bonds. The third kappa shape index (κ3) is 5.80. The molecule has 3 aromatic rings. The van der Waals surface area contributed by atoms with Crippen LogP contribution in [0.15, 0.2) is 35.4 Å². The zero-order valence-electron chi connectivity index (χ0n) is 23.5. The Hall–Kier alpha value is -3.69. The van der Waals surface area contributed by atoms with Crippen molar-refractivity contribution in [3.63, 3.8) is 0 Å². The minimum absolute atomic E-state index is 0.00490. The van der Waals surface area contributed by atoms with Crippen LogP contribution in [0.4, 0.5) is 5.95 Å². The van der Waals surface area contributed by atoms with Gasteiger partial charge in [0, 0.05) is 30.2 Å². The van der Waals surface area contributed by atoms with Gasteiger partial charge in [-0.3, -0.25) is 29.3 Å². The van der Waals surface area contributed by atoms with Crippen molar-refractivity contribution in [3.05, 3.63) is 52.1 Å². The SMILES string of the molecule is CC(C)C(=O)Nc1nc2c(ncn2[C@@H]2O[C@H](CO)C(OCCCCCCN3C(=O)c4ccccc4C3O)C2O)c(=O)[nH]1. The summed E-state index contributed by atoms with van der Waals surface area (Å²) < 4.78 is 13.2. The Kier molecular flexibility index (Phi) is 8.99. The fraction of sp³-hybridized carbons (Fsp3) is 0.536. The average Bonchev–Trinajstić information content (AvgIpc) is 3.61. The lowest BCUT2D eigenvalue weighted by molar-refractivity contribution is -0.118. The fourth-order valence-electron chi connectivity index (χ4n) is 5.27. The molecule has 0 radical (unpaired) electrons. The molecule has 14 nitrogen and oxygen atoms in total. The Bertz CT molecular complexity index is 1490. The molecule has 5 rings (SSSR count). The van der Waals surface area contributed by atoms with E-state index in [9.17, 15) is 29.7 Å². The van der Waals surface area contributed by atoms with E-state index >= 15 is 0 Å². The second-order valence-electron chi connectivity index (χ2n) is 10.8. The number of hydrogen-bond acceptors (Lipinski definition) is 10. The van der Waals surface area contributed by atoms with Crippen LogP contribution in [0.5, 0.6) is 0 Å². The lowest BCUT2D eigenvalue weighted by atomic mass is 10.1. The third-order valence-corrected chi connectivity index (χ3v) is 7.59. The van der Waals surface area contributed by atoms with E-state index in [0.717, 1.165) is 12.8 Å². The summed E-state index contributed by atoms with van der Waals surface area (Å²) in [7, 11) is 0. The molecule has 1 fully saturated rings. The number of aromatic amines is 1. The van der Waals surface area contributed by atoms with Crippen molar-refractivity contribution in [2.75, 3.05) is 25.1 Å². The van der Waals surface area contributed by atoms with Crippen molar-refractivity contribution in [1.29, 1.82) is 0 Å². The Balaban J connectivity index is 1.13. The summed E-state index contributed by atoms with van der Waals surface area (Å²) in [4.78, 5) is 49.5. The van der Waals surface area contributed by atoms with E-state index in [1.54, 1.807) is 38.1 Å². The van der Waals surface area contributed by atoms with Crippen molar-refractivity contribution in [1.82, 2.24) is 24.4 Å². The first-order chi connectivity index (χ1) is 20.2. The third-order valence-electron chi connectivity index (χ3n) is 7.59. The van der Waals surface area contributed by atoms with Gasteiger partial charge in [-0.2, -0.15) is 4.98 Å². The summed E-state index contributed by atoms with van der Waals surface area (Å²) in [5.41, 5.74) is 0.714. The smallest absolute Gasteiger partial charge is 0.280 e. The van der Waals surface area contributed by atoms with E-state index in [1.807, 2.05) is 0 Å². The van der Waals surface area contributed by atoms with Crippen LogP contribution in [-0.4, -0.2) is 89.6 Å². The highest BCUT2D eigenvalue weighted by atomic mass is 16.6. The zero-order chi connectivity index (χ0) is 30.0. The number of anilines is 1. The van der Waals surface area contributed by atoms with Gasteiger partial charge >= 0.3 is 0 Å². The molecule has 42 heavy (non-hydrogen) atoms. The minimum atomic E-state index is -1.20. The predicted molar refractivity (Wildman–Crippen MR) is 149 cm³/mol. The minimum Gasteiger partial charge on any atom is -0.394 e. The zero-order valence-corrected chi connectivity index (χ0v) is 23.5. The highest BCUT2D eigenvalue weighted by Gasteiger charge is 2.46. The highest BCUT2D eigenvalue weighted by Crippen LogP contribution is 2.33. The first-order valence-corrected chi connectivity index (χ1v) is 14.1. The summed E-state index contributed by atoms with van der Waals surface area (Å²) in [6.07, 6.45) is -0.507. The normalized spacial score (nSPS) is 23.7. The summed E-state index contributed by atoms with van der Waals surface area (Å²) in [5.74, 6) is -0.885. The van der Waals surface area contributed by atoms with E-state index in [2.05, 4.69) is 20.3 Å². The van der Waals surface area contributed by atoms with Crippen LogP contribution in [0.2, 0.25) is 0 Å². The topological polar surface area (TPSA) is 192 Å². The number of nitrogens with zero attached hydrogens (tertiary/aromatic N) is 4. The Labute approximate surface area is 241 Å². The number of nitrogens with one attached hydrogen (secondary N) is 2. The molecule has 2 aliphatic rings. The average molecular weight is 585 g/mol. The number of aromatic nitrogens is 4. The van der Waals surface area contributed by atoms with Crippen LogP contribution in [0.1, 0.15) is 67.9 Å². The highest BCUT2D eigenvalue weighted by molar-refractivity contribution is 5.98. The van der Waals surface area contributed by atoms with Crippen LogP contribution < -0.4 is 10.9 Å². The maximum atomic E-state index is 12.5. The molecule has 1 aromatic carbocycles. The van der Waals surface area contributed by atoms with E-state index < -0.39 is 42.9 Å². The fourth-order valence-corrected chi connectivity index (χ4v) is 5.27. The van der Waals surface area contributed by atoms with Crippen molar-refractivity contribution < 1.29 is 34.4 Å². The number of carbonyl (C=O) groups is 2. The molecule has 1 saturated heterocycles. The van der Waals surface area contributed by atoms with Gasteiger partial charge < -0.3 is 29.7 Å². The Morgan fingerprint density at radius 3 is 2.67 bits per heavy atom. The number of H-pyrrole nitrogens is 1. The Morgan fingerprint density at radius 1 is 1.17 bits per heavy atom. The van der Waals surface area contributed by atoms with Crippen LogP contribution >= 0.6 is 0 Å². The molecule has 0 bridgehead atoms. The number of rotatable bonds is 12. The number of benzene rings is 1. The predicted octanol–water partition coefficient (Wildman–Crippen LogP) is 1.06. The molecule has 2 aliphatic heterocycles. The van der Waals surface area contributed by atoms with Gasteiger partial charge in [0.2, 0.25) is 11.9 Å². The number of hydrogen-bond donors (Lipinski definition) is 5. The van der Waals surface area contributed by atoms with Gasteiger partial charge in [-0.05, 0) is 18.9 Å². The number of ether oxygens (including phenoxy) is 2. The van der Waals surface area contributed by atoms with Crippen molar-refractivity contribution in [2.24, 2.45) is 5.92 Å². The standard InChI is InChI=1S/C28H36N6O8/c1-15(2)23(37)31-28-30-22-19(24(38)32-28)29-14-34(22)27-20(36)21(18(13-35)42-27)41-12-8-4-3-7-11-33-25(39)16-9-5-6-10-17(16)26(33)40/h5-6,9-10,14-15,18,20-21,25,27,35-36,39H,3-4,7-8,11-13H2,1-2H3,(H2,30,31,32,37,38)/t18-,20?,21?,25?,27-/m1/s1. The van der Waals surface area contributed by atoms with E-state index in [0.29, 0.717) is 37.1 Å². The summed E-state index contributed by atoms with van der Waals surface area (Å²) in [6, 6.07) is 7.07. The van der Waals surface area contributed by atoms with Crippen LogP contribution in [0.3, 0.4) is 0 Å². The molecule has 4 heterocycles. The van der Waals surface area contributed by atoms with Crippen molar-refractivity contribution in [3.8, 4) is 0 Å². The maximum absolute atomic E-state index is 12.5. The number of amides is 2. The van der Waals surface area contributed by atoms with Gasteiger partial charge in [0.1, 0.15) is 18.3 Å². The van der Waals surface area contributed by atoms with Crippen molar-refractivity contribution in [2.45, 2.75) is 70.3 Å². The molecule has 0 saturated carbocycles. The molecule has 226 valence electrons. The number of aliphatic hydroxyl groups is 3. The molecule has 2 aromatic heterocycles. The molecule has 5 atom stereocenters. The van der Waals surface area contributed by atoms with Crippen LogP contribution in [0.25, 0.3) is 11.2 Å². The van der Waals surface area contributed by atoms with Gasteiger partial charge in [-0.15, -0.1) is 0 Å². The first kappa shape index (κ1) is 29.8. The lowest BCUT2D eigenvalue weighted by Crippen LogP contribution is -2.36. The molecule has 14 heteroatoms.